The molecule has 6 aromatic carbocycles. The molecule has 0 saturated carbocycles. The van der Waals surface area contributed by atoms with Crippen LogP contribution in [0.5, 0.6) is 0 Å². The van der Waals surface area contributed by atoms with E-state index in [0.29, 0.717) is 12.2 Å². The lowest BCUT2D eigenvalue weighted by molar-refractivity contribution is 0.112. The van der Waals surface area contributed by atoms with Crippen LogP contribution in [0.3, 0.4) is 0 Å². The average Bonchev–Trinajstić information content (AvgIpc) is 2.98. The van der Waals surface area contributed by atoms with E-state index in [4.69, 9.17) is 4.74 Å². The smallest absolute Gasteiger partial charge is 0.150 e. The van der Waals surface area contributed by atoms with Crippen LogP contribution >= 0.6 is 0 Å². The third-order valence-corrected chi connectivity index (χ3v) is 7.77. The lowest BCUT2D eigenvalue weighted by Crippen LogP contribution is -2.11. The minimum absolute atomic E-state index is 0.332. The molecule has 0 aliphatic heterocycles. The molecule has 212 valence electrons. The van der Waals surface area contributed by atoms with Crippen molar-refractivity contribution in [3.05, 3.63) is 154 Å². The highest BCUT2D eigenvalue weighted by Crippen LogP contribution is 2.38. The van der Waals surface area contributed by atoms with Crippen LogP contribution < -0.4 is 4.90 Å². The zero-order valence-corrected chi connectivity index (χ0v) is 25.1. The number of hydrogen-bond acceptors (Lipinski definition) is 3. The predicted molar refractivity (Wildman–Crippen MR) is 181 cm³/mol. The highest BCUT2D eigenvalue weighted by atomic mass is 16.5. The zero-order valence-electron chi connectivity index (χ0n) is 25.1. The Morgan fingerprint density at radius 1 is 0.581 bits per heavy atom. The maximum atomic E-state index is 11.7. The zero-order chi connectivity index (χ0) is 29.9. The number of carbonyl (C=O) groups is 1. The van der Waals surface area contributed by atoms with Gasteiger partial charge in [0.05, 0.1) is 6.26 Å². The molecule has 3 heteroatoms. The molecule has 0 fully saturated rings. The maximum Gasteiger partial charge on any atom is 0.150 e. The van der Waals surface area contributed by atoms with Crippen molar-refractivity contribution in [1.82, 2.24) is 0 Å². The van der Waals surface area contributed by atoms with Gasteiger partial charge in [-0.2, -0.15) is 0 Å². The Bertz CT molecular complexity index is 1910. The van der Waals surface area contributed by atoms with Gasteiger partial charge in [0.15, 0.2) is 0 Å². The fraction of sp³-hybridized carbons (Fsp3) is 0.125. The molecule has 6 rings (SSSR count). The number of benzene rings is 6. The Morgan fingerprint density at radius 2 is 1.14 bits per heavy atom. The summed E-state index contributed by atoms with van der Waals surface area (Å²) in [4.78, 5) is 14.0. The Morgan fingerprint density at radius 3 is 1.77 bits per heavy atom. The van der Waals surface area contributed by atoms with Gasteiger partial charge in [-0.1, -0.05) is 54.6 Å². The van der Waals surface area contributed by atoms with Gasteiger partial charge in [-0.15, -0.1) is 0 Å². The second-order valence-corrected chi connectivity index (χ2v) is 11.4. The van der Waals surface area contributed by atoms with Crippen LogP contribution in [0.1, 0.15) is 43.7 Å². The molecule has 6 aromatic rings. The normalized spacial score (nSPS) is 11.3. The summed E-state index contributed by atoms with van der Waals surface area (Å²) in [6.45, 7) is 8.94. The van der Waals surface area contributed by atoms with Crippen molar-refractivity contribution in [3.8, 4) is 0 Å². The number of hydrogen-bond donors (Lipinski definition) is 0. The van der Waals surface area contributed by atoms with Gasteiger partial charge in [-0.25, -0.2) is 0 Å². The maximum absolute atomic E-state index is 11.7. The van der Waals surface area contributed by atoms with Gasteiger partial charge in [0.1, 0.15) is 12.9 Å². The van der Waals surface area contributed by atoms with Crippen LogP contribution in [0.4, 0.5) is 17.1 Å². The first-order valence-electron chi connectivity index (χ1n) is 14.6. The van der Waals surface area contributed by atoms with Crippen molar-refractivity contribution in [3.63, 3.8) is 0 Å². The van der Waals surface area contributed by atoms with E-state index in [-0.39, 0.29) is 0 Å². The third-order valence-electron chi connectivity index (χ3n) is 7.77. The lowest BCUT2D eigenvalue weighted by Gasteiger charge is -2.27. The van der Waals surface area contributed by atoms with Crippen LogP contribution in [-0.2, 0) is 11.3 Å². The topological polar surface area (TPSA) is 29.5 Å². The van der Waals surface area contributed by atoms with Gasteiger partial charge in [-0.3, -0.25) is 4.79 Å². The quantitative estimate of drug-likeness (QED) is 0.137. The number of nitrogens with zero attached hydrogens (tertiary/aromatic N) is 1. The molecule has 43 heavy (non-hydrogen) atoms. The second kappa shape index (κ2) is 12.0. The summed E-state index contributed by atoms with van der Waals surface area (Å²) in [6.07, 6.45) is 4.57. The lowest BCUT2D eigenvalue weighted by atomic mass is 10.0. The summed E-state index contributed by atoms with van der Waals surface area (Å²) in [5.41, 5.74) is 11.0. The summed E-state index contributed by atoms with van der Waals surface area (Å²) in [7, 11) is 0. The van der Waals surface area contributed by atoms with Crippen LogP contribution in [0, 0.1) is 27.7 Å². The number of aryl methyl sites for hydroxylation is 4. The SMILES string of the molecule is Cc1cc(C)cc(N(c2cc(C)cc(C)c2)c2ccc3cc(C=COCc4cc5ccccc5cc4C=O)ccc3c2)c1. The van der Waals surface area contributed by atoms with Crippen molar-refractivity contribution < 1.29 is 9.53 Å². The Kier molecular flexibility index (Phi) is 7.81. The van der Waals surface area contributed by atoms with Gasteiger partial charge in [0.2, 0.25) is 0 Å². The minimum Gasteiger partial charge on any atom is -0.496 e. The predicted octanol–water partition coefficient (Wildman–Crippen LogP) is 10.7. The van der Waals surface area contributed by atoms with E-state index < -0.39 is 0 Å². The van der Waals surface area contributed by atoms with E-state index in [9.17, 15) is 4.79 Å². The van der Waals surface area contributed by atoms with Crippen LogP contribution in [0.2, 0.25) is 0 Å². The minimum atomic E-state index is 0.332. The van der Waals surface area contributed by atoms with E-state index >= 15 is 0 Å². The molecule has 0 atom stereocenters. The van der Waals surface area contributed by atoms with Gasteiger partial charge >= 0.3 is 0 Å². The number of aldehydes is 1. The molecule has 0 aliphatic rings. The molecule has 0 bridgehead atoms. The van der Waals surface area contributed by atoms with Crippen molar-refractivity contribution in [2.75, 3.05) is 4.90 Å². The summed E-state index contributed by atoms with van der Waals surface area (Å²) in [5, 5.41) is 4.47. The summed E-state index contributed by atoms with van der Waals surface area (Å²) < 4.78 is 5.87. The van der Waals surface area contributed by atoms with Crippen molar-refractivity contribution in [2.24, 2.45) is 0 Å². The highest BCUT2D eigenvalue weighted by molar-refractivity contribution is 5.92. The largest absolute Gasteiger partial charge is 0.496 e. The van der Waals surface area contributed by atoms with E-state index in [2.05, 4.69) is 105 Å². The molecule has 3 nitrogen and oxygen atoms in total. The standard InChI is InChI=1S/C40H35NO2/c1-27-15-28(2)18-39(17-27)41(40-19-29(3)16-30(4)20-40)38-12-11-34-21-31(9-10-35(34)24-38)13-14-43-26-37-23-33-8-6-5-7-32(33)22-36(37)25-42/h5-25H,26H2,1-4H3. The molecule has 0 saturated heterocycles. The van der Waals surface area contributed by atoms with Crippen LogP contribution in [-0.4, -0.2) is 6.29 Å². The van der Waals surface area contributed by atoms with Crippen molar-refractivity contribution in [2.45, 2.75) is 34.3 Å². The number of ether oxygens (including phenoxy) is 1. The van der Waals surface area contributed by atoms with Crippen molar-refractivity contribution in [1.29, 1.82) is 0 Å². The summed E-state index contributed by atoms with van der Waals surface area (Å²) in [6, 6.07) is 38.5. The molecule has 0 unspecified atom stereocenters. The third kappa shape index (κ3) is 6.22. The number of anilines is 3. The van der Waals surface area contributed by atoms with Crippen LogP contribution in [0.15, 0.2) is 115 Å². The molecule has 0 N–H and O–H groups in total. The Balaban J connectivity index is 1.26. The second-order valence-electron chi connectivity index (χ2n) is 11.4. The van der Waals surface area contributed by atoms with E-state index in [1.165, 1.54) is 27.6 Å². The monoisotopic (exact) mass is 561 g/mol. The van der Waals surface area contributed by atoms with E-state index in [0.717, 1.165) is 50.6 Å². The van der Waals surface area contributed by atoms with Gasteiger partial charge in [-0.05, 0) is 138 Å². The highest BCUT2D eigenvalue weighted by Gasteiger charge is 2.15. The molecular weight excluding hydrogens is 526 g/mol. The van der Waals surface area contributed by atoms with Gasteiger partial charge < -0.3 is 9.64 Å². The summed E-state index contributed by atoms with van der Waals surface area (Å²) in [5.74, 6) is 0. The Hall–Kier alpha value is -5.15. The molecule has 0 amide bonds. The number of rotatable bonds is 8. The fourth-order valence-corrected chi connectivity index (χ4v) is 5.91. The molecule has 0 spiro atoms. The first-order chi connectivity index (χ1) is 20.9. The number of carbonyl (C=O) groups excluding carboxylic acids is 1. The van der Waals surface area contributed by atoms with E-state index in [1.807, 2.05) is 42.5 Å². The van der Waals surface area contributed by atoms with E-state index in [1.54, 1.807) is 6.26 Å². The molecule has 0 aromatic heterocycles. The fourth-order valence-electron chi connectivity index (χ4n) is 5.91. The molecule has 0 radical (unpaired) electrons. The first kappa shape index (κ1) is 28.0. The molecular formula is C40H35NO2. The van der Waals surface area contributed by atoms with Crippen molar-refractivity contribution >= 4 is 51.0 Å². The number of fused-ring (bicyclic) bond motifs is 2. The Labute approximate surface area is 253 Å². The first-order valence-corrected chi connectivity index (χ1v) is 14.6. The molecule has 0 heterocycles. The van der Waals surface area contributed by atoms with Gasteiger partial charge in [0.25, 0.3) is 0 Å². The summed E-state index contributed by atoms with van der Waals surface area (Å²) >= 11 is 0. The van der Waals surface area contributed by atoms with Gasteiger partial charge in [0, 0.05) is 28.2 Å². The molecule has 0 aliphatic carbocycles. The average molecular weight is 562 g/mol. The van der Waals surface area contributed by atoms with Crippen LogP contribution in [0.25, 0.3) is 27.6 Å².